The molecule has 1 aromatic heterocycles. The van der Waals surface area contributed by atoms with E-state index >= 15 is 0 Å². The lowest BCUT2D eigenvalue weighted by Gasteiger charge is -2.33. The van der Waals surface area contributed by atoms with Crippen LogP contribution in [0, 0.1) is 10.1 Å². The summed E-state index contributed by atoms with van der Waals surface area (Å²) in [5, 5.41) is 19.8. The van der Waals surface area contributed by atoms with E-state index in [9.17, 15) is 19.7 Å². The standard InChI is InChI=1S/C12H17N3O5/c1-12(2,3)14(11(17)18)8-7-13-6-4-5-9(10(13)16)15(19)20/h4-6H,7-8H2,1-3H3,(H,17,18). The highest BCUT2D eigenvalue weighted by Crippen LogP contribution is 2.13. The molecule has 0 saturated carbocycles. The summed E-state index contributed by atoms with van der Waals surface area (Å²) in [6.45, 7) is 5.33. The number of nitro groups is 1. The Kier molecular flexibility index (Phi) is 4.49. The smallest absolute Gasteiger partial charge is 0.407 e. The molecular formula is C12H17N3O5. The number of carbonyl (C=O) groups is 1. The normalized spacial score (nSPS) is 11.2. The molecule has 1 amide bonds. The summed E-state index contributed by atoms with van der Waals surface area (Å²) in [5.74, 6) is 0. The van der Waals surface area contributed by atoms with E-state index in [0.717, 1.165) is 10.6 Å². The molecule has 8 heteroatoms. The zero-order chi connectivity index (χ0) is 15.5. The van der Waals surface area contributed by atoms with Crippen molar-refractivity contribution in [3.05, 3.63) is 38.8 Å². The van der Waals surface area contributed by atoms with Gasteiger partial charge in [-0.1, -0.05) is 0 Å². The molecule has 0 unspecified atom stereocenters. The first-order chi connectivity index (χ1) is 9.14. The average molecular weight is 283 g/mol. The Morgan fingerprint density at radius 2 is 2.10 bits per heavy atom. The molecule has 0 bridgehead atoms. The van der Waals surface area contributed by atoms with E-state index in [0.29, 0.717) is 0 Å². The summed E-state index contributed by atoms with van der Waals surface area (Å²) in [5.41, 5.74) is -1.88. The predicted octanol–water partition coefficient (Wildman–Crippen LogP) is 1.54. The fourth-order valence-corrected chi connectivity index (χ4v) is 1.76. The second kappa shape index (κ2) is 5.72. The third kappa shape index (κ3) is 3.56. The average Bonchev–Trinajstić information content (AvgIpc) is 2.28. The third-order valence-electron chi connectivity index (χ3n) is 2.80. The molecule has 0 spiro atoms. The summed E-state index contributed by atoms with van der Waals surface area (Å²) in [6, 6.07) is 2.51. The number of carboxylic acid groups (broad SMARTS) is 1. The van der Waals surface area contributed by atoms with Crippen LogP contribution in [0.2, 0.25) is 0 Å². The number of hydrogen-bond acceptors (Lipinski definition) is 4. The van der Waals surface area contributed by atoms with Crippen molar-refractivity contribution in [2.45, 2.75) is 32.9 Å². The molecule has 0 fully saturated rings. The SMILES string of the molecule is CC(C)(C)N(CCn1cccc([N+](=O)[O-])c1=O)C(=O)O. The van der Waals surface area contributed by atoms with Crippen LogP contribution in [0.25, 0.3) is 0 Å². The molecule has 20 heavy (non-hydrogen) atoms. The molecule has 0 atom stereocenters. The highest BCUT2D eigenvalue weighted by atomic mass is 16.6. The fourth-order valence-electron chi connectivity index (χ4n) is 1.76. The van der Waals surface area contributed by atoms with Gasteiger partial charge in [0.15, 0.2) is 0 Å². The van der Waals surface area contributed by atoms with E-state index in [1.807, 2.05) is 0 Å². The Morgan fingerprint density at radius 1 is 1.50 bits per heavy atom. The van der Waals surface area contributed by atoms with Crippen LogP contribution in [0.4, 0.5) is 10.5 Å². The molecule has 0 aromatic carbocycles. The minimum Gasteiger partial charge on any atom is -0.465 e. The van der Waals surface area contributed by atoms with Crippen molar-refractivity contribution in [1.82, 2.24) is 9.47 Å². The predicted molar refractivity (Wildman–Crippen MR) is 71.8 cm³/mol. The topological polar surface area (TPSA) is 106 Å². The van der Waals surface area contributed by atoms with Crippen LogP contribution in [-0.2, 0) is 6.54 Å². The number of rotatable bonds is 4. The number of aromatic nitrogens is 1. The Morgan fingerprint density at radius 3 is 2.55 bits per heavy atom. The van der Waals surface area contributed by atoms with Crippen LogP contribution in [0.1, 0.15) is 20.8 Å². The van der Waals surface area contributed by atoms with Gasteiger partial charge in [-0.15, -0.1) is 0 Å². The quantitative estimate of drug-likeness (QED) is 0.666. The van der Waals surface area contributed by atoms with Crippen LogP contribution in [0.5, 0.6) is 0 Å². The lowest BCUT2D eigenvalue weighted by molar-refractivity contribution is -0.386. The van der Waals surface area contributed by atoms with Crippen LogP contribution < -0.4 is 5.56 Å². The molecule has 0 aliphatic carbocycles. The highest BCUT2D eigenvalue weighted by Gasteiger charge is 2.26. The Bertz CT molecular complexity index is 573. The van der Waals surface area contributed by atoms with Gasteiger partial charge in [0.05, 0.1) is 4.92 Å². The van der Waals surface area contributed by atoms with Gasteiger partial charge in [0.25, 0.3) is 0 Å². The summed E-state index contributed by atoms with van der Waals surface area (Å²) in [7, 11) is 0. The largest absolute Gasteiger partial charge is 0.465 e. The maximum Gasteiger partial charge on any atom is 0.407 e. The maximum absolute atomic E-state index is 11.8. The summed E-state index contributed by atoms with van der Waals surface area (Å²) >= 11 is 0. The lowest BCUT2D eigenvalue weighted by Crippen LogP contribution is -2.47. The maximum atomic E-state index is 11.8. The van der Waals surface area contributed by atoms with Crippen molar-refractivity contribution in [2.75, 3.05) is 6.54 Å². The monoisotopic (exact) mass is 283 g/mol. The summed E-state index contributed by atoms with van der Waals surface area (Å²) in [4.78, 5) is 34.0. The Hall–Kier alpha value is -2.38. The molecule has 0 saturated heterocycles. The minimum atomic E-state index is -1.10. The molecule has 1 aromatic rings. The molecular weight excluding hydrogens is 266 g/mol. The lowest BCUT2D eigenvalue weighted by atomic mass is 10.1. The van der Waals surface area contributed by atoms with Crippen molar-refractivity contribution in [1.29, 1.82) is 0 Å². The zero-order valence-electron chi connectivity index (χ0n) is 11.6. The molecule has 1 rings (SSSR count). The van der Waals surface area contributed by atoms with Crippen LogP contribution in [0.3, 0.4) is 0 Å². The number of hydrogen-bond donors (Lipinski definition) is 1. The van der Waals surface area contributed by atoms with E-state index < -0.39 is 27.8 Å². The molecule has 0 aliphatic rings. The van der Waals surface area contributed by atoms with Gasteiger partial charge < -0.3 is 14.6 Å². The zero-order valence-corrected chi connectivity index (χ0v) is 11.6. The fraction of sp³-hybridized carbons (Fsp3) is 0.500. The molecule has 0 radical (unpaired) electrons. The molecule has 1 N–H and O–H groups in total. The van der Waals surface area contributed by atoms with Gasteiger partial charge in [-0.05, 0) is 26.8 Å². The first kappa shape index (κ1) is 15.7. The molecule has 1 heterocycles. The first-order valence-electron chi connectivity index (χ1n) is 5.99. The van der Waals surface area contributed by atoms with E-state index in [4.69, 9.17) is 5.11 Å². The first-order valence-corrected chi connectivity index (χ1v) is 5.99. The minimum absolute atomic E-state index is 0.0596. The van der Waals surface area contributed by atoms with Crippen molar-refractivity contribution in [2.24, 2.45) is 0 Å². The molecule has 0 aliphatic heterocycles. The molecule has 8 nitrogen and oxygen atoms in total. The number of pyridine rings is 1. The third-order valence-corrected chi connectivity index (χ3v) is 2.80. The van der Waals surface area contributed by atoms with Crippen LogP contribution in [-0.4, -0.2) is 37.7 Å². The van der Waals surface area contributed by atoms with E-state index in [1.54, 1.807) is 20.8 Å². The second-order valence-corrected chi connectivity index (χ2v) is 5.25. The van der Waals surface area contributed by atoms with Gasteiger partial charge >= 0.3 is 17.3 Å². The number of amides is 1. The van der Waals surface area contributed by atoms with E-state index in [-0.39, 0.29) is 13.1 Å². The van der Waals surface area contributed by atoms with E-state index in [2.05, 4.69) is 0 Å². The van der Waals surface area contributed by atoms with Crippen LogP contribution >= 0.6 is 0 Å². The van der Waals surface area contributed by atoms with Gasteiger partial charge in [-0.25, -0.2) is 4.79 Å². The summed E-state index contributed by atoms with van der Waals surface area (Å²) in [6.07, 6.45) is 0.300. The van der Waals surface area contributed by atoms with E-state index in [1.165, 1.54) is 17.2 Å². The van der Waals surface area contributed by atoms with Crippen molar-refractivity contribution in [3.63, 3.8) is 0 Å². The van der Waals surface area contributed by atoms with Gasteiger partial charge in [0, 0.05) is 30.9 Å². The Balaban J connectivity index is 2.95. The molecule has 110 valence electrons. The highest BCUT2D eigenvalue weighted by molar-refractivity contribution is 5.65. The van der Waals surface area contributed by atoms with Crippen molar-refractivity contribution < 1.29 is 14.8 Å². The van der Waals surface area contributed by atoms with Gasteiger partial charge in [0.2, 0.25) is 0 Å². The Labute approximate surface area is 115 Å². The second-order valence-electron chi connectivity index (χ2n) is 5.25. The van der Waals surface area contributed by atoms with Gasteiger partial charge in [-0.3, -0.25) is 14.9 Å². The van der Waals surface area contributed by atoms with Crippen molar-refractivity contribution in [3.8, 4) is 0 Å². The van der Waals surface area contributed by atoms with Crippen LogP contribution in [0.15, 0.2) is 23.1 Å². The number of nitrogens with zero attached hydrogens (tertiary/aromatic N) is 3. The van der Waals surface area contributed by atoms with Gasteiger partial charge in [-0.2, -0.15) is 0 Å². The summed E-state index contributed by atoms with van der Waals surface area (Å²) < 4.78 is 1.14. The van der Waals surface area contributed by atoms with Crippen molar-refractivity contribution >= 4 is 11.8 Å². The van der Waals surface area contributed by atoms with Gasteiger partial charge in [0.1, 0.15) is 0 Å².